The predicted molar refractivity (Wildman–Crippen MR) is 67.8 cm³/mol. The second kappa shape index (κ2) is 5.51. The quantitative estimate of drug-likeness (QED) is 0.869. The number of rotatable bonds is 4. The van der Waals surface area contributed by atoms with Crippen molar-refractivity contribution in [3.63, 3.8) is 0 Å². The maximum atomic E-state index is 9.62. The molecule has 0 aliphatic carbocycles. The topological polar surface area (TPSA) is 29.5 Å². The van der Waals surface area contributed by atoms with Gasteiger partial charge in [-0.3, -0.25) is 0 Å². The first-order chi connectivity index (χ1) is 8.27. The summed E-state index contributed by atoms with van der Waals surface area (Å²) in [5.74, 6) is 0.742. The van der Waals surface area contributed by atoms with Gasteiger partial charge in [0.2, 0.25) is 0 Å². The smallest absolute Gasteiger partial charge is 0.125 e. The molecule has 0 amide bonds. The standard InChI is InChI=1S/C15H16O2/c1-12(16)14-9-5-6-10-15(14)17-11-13-7-3-2-4-8-13/h2-10,12,16H,11H2,1H3. The molecule has 2 aromatic rings. The summed E-state index contributed by atoms with van der Waals surface area (Å²) in [6.45, 7) is 2.26. The maximum Gasteiger partial charge on any atom is 0.125 e. The van der Waals surface area contributed by atoms with Crippen LogP contribution >= 0.6 is 0 Å². The third-order valence-corrected chi connectivity index (χ3v) is 2.61. The molecule has 0 bridgehead atoms. The Morgan fingerprint density at radius 1 is 1.00 bits per heavy atom. The zero-order valence-electron chi connectivity index (χ0n) is 9.84. The molecule has 0 aromatic heterocycles. The summed E-state index contributed by atoms with van der Waals surface area (Å²) in [5.41, 5.74) is 1.94. The van der Waals surface area contributed by atoms with E-state index in [2.05, 4.69) is 0 Å². The van der Waals surface area contributed by atoms with Crippen molar-refractivity contribution in [2.45, 2.75) is 19.6 Å². The lowest BCUT2D eigenvalue weighted by Crippen LogP contribution is -2.00. The van der Waals surface area contributed by atoms with Crippen LogP contribution in [0.2, 0.25) is 0 Å². The van der Waals surface area contributed by atoms with Crippen LogP contribution in [0.3, 0.4) is 0 Å². The maximum absolute atomic E-state index is 9.62. The molecule has 2 rings (SSSR count). The Morgan fingerprint density at radius 3 is 2.35 bits per heavy atom. The molecule has 0 radical (unpaired) electrons. The van der Waals surface area contributed by atoms with Crippen LogP contribution < -0.4 is 4.74 Å². The minimum Gasteiger partial charge on any atom is -0.489 e. The number of benzene rings is 2. The molecule has 88 valence electrons. The normalized spacial score (nSPS) is 12.1. The zero-order valence-corrected chi connectivity index (χ0v) is 9.84. The predicted octanol–water partition coefficient (Wildman–Crippen LogP) is 3.32. The van der Waals surface area contributed by atoms with E-state index in [1.54, 1.807) is 6.92 Å². The van der Waals surface area contributed by atoms with Crippen LogP contribution in [0.25, 0.3) is 0 Å². The van der Waals surface area contributed by atoms with Gasteiger partial charge in [0.25, 0.3) is 0 Å². The van der Waals surface area contributed by atoms with Gasteiger partial charge in [0.15, 0.2) is 0 Å². The van der Waals surface area contributed by atoms with Gasteiger partial charge in [-0.1, -0.05) is 48.5 Å². The molecule has 1 atom stereocenters. The number of aliphatic hydroxyl groups excluding tert-OH is 1. The van der Waals surface area contributed by atoms with Crippen LogP contribution in [0.1, 0.15) is 24.2 Å². The van der Waals surface area contributed by atoms with Crippen molar-refractivity contribution in [3.8, 4) is 5.75 Å². The van der Waals surface area contributed by atoms with E-state index in [0.717, 1.165) is 16.9 Å². The first-order valence-corrected chi connectivity index (χ1v) is 5.71. The van der Waals surface area contributed by atoms with Crippen molar-refractivity contribution in [2.24, 2.45) is 0 Å². The minimum absolute atomic E-state index is 0.512. The number of hydrogen-bond acceptors (Lipinski definition) is 2. The fraction of sp³-hybridized carbons (Fsp3) is 0.200. The average molecular weight is 228 g/mol. The largest absolute Gasteiger partial charge is 0.489 e. The molecular formula is C15H16O2. The van der Waals surface area contributed by atoms with Crippen LogP contribution in [0, 0.1) is 0 Å². The summed E-state index contributed by atoms with van der Waals surface area (Å²) in [4.78, 5) is 0. The van der Waals surface area contributed by atoms with Crippen molar-refractivity contribution >= 4 is 0 Å². The Morgan fingerprint density at radius 2 is 1.65 bits per heavy atom. The van der Waals surface area contributed by atoms with Crippen molar-refractivity contribution < 1.29 is 9.84 Å². The third kappa shape index (κ3) is 3.08. The molecule has 1 unspecified atom stereocenters. The molecule has 2 nitrogen and oxygen atoms in total. The summed E-state index contributed by atoms with van der Waals surface area (Å²) in [6.07, 6.45) is -0.512. The van der Waals surface area contributed by atoms with Crippen LogP contribution in [-0.2, 0) is 6.61 Å². The molecule has 1 N–H and O–H groups in total. The number of ether oxygens (including phenoxy) is 1. The highest BCUT2D eigenvalue weighted by molar-refractivity contribution is 5.35. The van der Waals surface area contributed by atoms with Gasteiger partial charge in [-0.05, 0) is 18.6 Å². The number of aliphatic hydroxyl groups is 1. The van der Waals surface area contributed by atoms with Crippen LogP contribution in [0.5, 0.6) is 5.75 Å². The van der Waals surface area contributed by atoms with Crippen molar-refractivity contribution in [1.29, 1.82) is 0 Å². The minimum atomic E-state index is -0.512. The number of para-hydroxylation sites is 1. The molecule has 0 aliphatic rings. The van der Waals surface area contributed by atoms with E-state index in [1.165, 1.54) is 0 Å². The van der Waals surface area contributed by atoms with Crippen molar-refractivity contribution in [2.75, 3.05) is 0 Å². The molecule has 2 aromatic carbocycles. The Hall–Kier alpha value is -1.80. The lowest BCUT2D eigenvalue weighted by molar-refractivity contribution is 0.190. The highest BCUT2D eigenvalue weighted by Crippen LogP contribution is 2.25. The molecule has 0 aliphatic heterocycles. The molecule has 0 fully saturated rings. The summed E-state index contributed by atoms with van der Waals surface area (Å²) in [7, 11) is 0. The van der Waals surface area contributed by atoms with Crippen molar-refractivity contribution in [1.82, 2.24) is 0 Å². The van der Waals surface area contributed by atoms with Crippen LogP contribution in [-0.4, -0.2) is 5.11 Å². The lowest BCUT2D eigenvalue weighted by atomic mass is 10.1. The van der Waals surface area contributed by atoms with Crippen LogP contribution in [0.15, 0.2) is 54.6 Å². The van der Waals surface area contributed by atoms with E-state index in [1.807, 2.05) is 54.6 Å². The van der Waals surface area contributed by atoms with Crippen LogP contribution in [0.4, 0.5) is 0 Å². The molecule has 0 saturated heterocycles. The van der Waals surface area contributed by atoms with Crippen molar-refractivity contribution in [3.05, 3.63) is 65.7 Å². The molecular weight excluding hydrogens is 212 g/mol. The average Bonchev–Trinajstić information content (AvgIpc) is 2.38. The van der Waals surface area contributed by atoms with Gasteiger partial charge < -0.3 is 9.84 Å². The van der Waals surface area contributed by atoms with E-state index in [9.17, 15) is 5.11 Å². The second-order valence-electron chi connectivity index (χ2n) is 3.99. The Balaban J connectivity index is 2.09. The van der Waals surface area contributed by atoms with E-state index < -0.39 is 6.10 Å². The molecule has 17 heavy (non-hydrogen) atoms. The van der Waals surface area contributed by atoms with Gasteiger partial charge in [0.1, 0.15) is 12.4 Å². The molecule has 0 heterocycles. The van der Waals surface area contributed by atoms with Gasteiger partial charge in [-0.2, -0.15) is 0 Å². The molecule has 0 saturated carbocycles. The van der Waals surface area contributed by atoms with E-state index in [4.69, 9.17) is 4.74 Å². The zero-order chi connectivity index (χ0) is 12.1. The van der Waals surface area contributed by atoms with E-state index in [0.29, 0.717) is 6.61 Å². The van der Waals surface area contributed by atoms with Gasteiger partial charge in [0, 0.05) is 5.56 Å². The van der Waals surface area contributed by atoms with Gasteiger partial charge in [-0.25, -0.2) is 0 Å². The van der Waals surface area contributed by atoms with Gasteiger partial charge in [0.05, 0.1) is 6.10 Å². The monoisotopic (exact) mass is 228 g/mol. The summed E-state index contributed by atoms with van der Waals surface area (Å²) in [6, 6.07) is 17.6. The first kappa shape index (κ1) is 11.7. The van der Waals surface area contributed by atoms with Gasteiger partial charge >= 0.3 is 0 Å². The SMILES string of the molecule is CC(O)c1ccccc1OCc1ccccc1. The fourth-order valence-electron chi connectivity index (χ4n) is 1.69. The van der Waals surface area contributed by atoms with E-state index >= 15 is 0 Å². The molecule has 0 spiro atoms. The summed E-state index contributed by atoms with van der Waals surface area (Å²) < 4.78 is 5.72. The Bertz CT molecular complexity index is 463. The Labute approximate surface area is 101 Å². The van der Waals surface area contributed by atoms with Gasteiger partial charge in [-0.15, -0.1) is 0 Å². The highest BCUT2D eigenvalue weighted by atomic mass is 16.5. The summed E-state index contributed by atoms with van der Waals surface area (Å²) in [5, 5.41) is 9.62. The second-order valence-corrected chi connectivity index (χ2v) is 3.99. The summed E-state index contributed by atoms with van der Waals surface area (Å²) >= 11 is 0. The first-order valence-electron chi connectivity index (χ1n) is 5.71. The number of hydrogen-bond donors (Lipinski definition) is 1. The highest BCUT2D eigenvalue weighted by Gasteiger charge is 2.07. The lowest BCUT2D eigenvalue weighted by Gasteiger charge is -2.13. The fourth-order valence-corrected chi connectivity index (χ4v) is 1.69. The third-order valence-electron chi connectivity index (χ3n) is 2.61. The van der Waals surface area contributed by atoms with E-state index in [-0.39, 0.29) is 0 Å². The Kier molecular flexibility index (Phi) is 3.78. The molecule has 2 heteroatoms.